The highest BCUT2D eigenvalue weighted by Gasteiger charge is 2.08. The zero-order valence-corrected chi connectivity index (χ0v) is 9.43. The molecule has 2 nitrogen and oxygen atoms in total. The minimum atomic E-state index is 0.273. The third kappa shape index (κ3) is 4.61. The molecule has 0 aliphatic rings. The number of alkyl halides is 1. The molecule has 3 heteroatoms. The highest BCUT2D eigenvalue weighted by atomic mass is 127. The quantitative estimate of drug-likeness (QED) is 0.552. The molecule has 0 atom stereocenters. The number of halogens is 1. The molecule has 0 aromatic carbocycles. The van der Waals surface area contributed by atoms with Crippen LogP contribution in [0, 0.1) is 0 Å². The first-order valence-corrected chi connectivity index (χ1v) is 5.62. The molecule has 0 aromatic heterocycles. The van der Waals surface area contributed by atoms with Crippen molar-refractivity contribution in [1.82, 2.24) is 4.90 Å². The maximum atomic E-state index is 11.2. The summed E-state index contributed by atoms with van der Waals surface area (Å²) in [7, 11) is 0. The van der Waals surface area contributed by atoms with Crippen LogP contribution in [-0.2, 0) is 4.79 Å². The molecule has 0 aliphatic carbocycles. The van der Waals surface area contributed by atoms with Crippen LogP contribution in [0.4, 0.5) is 0 Å². The Balaban J connectivity index is 3.76. The first-order valence-electron chi connectivity index (χ1n) is 4.10. The summed E-state index contributed by atoms with van der Waals surface area (Å²) in [6.07, 6.45) is 2.12. The van der Waals surface area contributed by atoms with E-state index in [1.165, 1.54) is 0 Å². The fraction of sp³-hybridized carbons (Fsp3) is 0.875. The Morgan fingerprint density at radius 2 is 1.73 bits per heavy atom. The molecule has 0 radical (unpaired) electrons. The van der Waals surface area contributed by atoms with Crippen LogP contribution in [0.2, 0.25) is 0 Å². The molecule has 0 aliphatic heterocycles. The van der Waals surface area contributed by atoms with Gasteiger partial charge >= 0.3 is 0 Å². The van der Waals surface area contributed by atoms with Crippen LogP contribution in [0.15, 0.2) is 0 Å². The van der Waals surface area contributed by atoms with Crippen LogP contribution in [0.1, 0.15) is 26.7 Å². The van der Waals surface area contributed by atoms with E-state index >= 15 is 0 Å². The smallest absolute Gasteiger partial charge is 0.232 e. The van der Waals surface area contributed by atoms with Gasteiger partial charge in [-0.15, -0.1) is 0 Å². The number of carbonyl (C=O) groups excluding carboxylic acids is 1. The van der Waals surface area contributed by atoms with Crippen molar-refractivity contribution in [3.05, 3.63) is 0 Å². The van der Waals surface area contributed by atoms with Crippen LogP contribution in [0.25, 0.3) is 0 Å². The second kappa shape index (κ2) is 6.88. The molecule has 0 rings (SSSR count). The van der Waals surface area contributed by atoms with Gasteiger partial charge in [-0.25, -0.2) is 0 Å². The molecule has 0 spiro atoms. The maximum Gasteiger partial charge on any atom is 0.232 e. The minimum Gasteiger partial charge on any atom is -0.342 e. The van der Waals surface area contributed by atoms with Crippen molar-refractivity contribution in [2.75, 3.05) is 17.5 Å². The van der Waals surface area contributed by atoms with E-state index in [0.717, 1.165) is 25.9 Å². The summed E-state index contributed by atoms with van der Waals surface area (Å²) >= 11 is 2.12. The second-order valence-electron chi connectivity index (χ2n) is 2.51. The predicted octanol–water partition coefficient (Wildman–Crippen LogP) is 2.07. The number of hydrogen-bond acceptors (Lipinski definition) is 1. The Morgan fingerprint density at radius 1 is 1.27 bits per heavy atom. The normalized spacial score (nSPS) is 9.73. The van der Waals surface area contributed by atoms with Crippen molar-refractivity contribution in [3.8, 4) is 0 Å². The van der Waals surface area contributed by atoms with Gasteiger partial charge in [0.25, 0.3) is 0 Å². The molecule has 1 amide bonds. The van der Waals surface area contributed by atoms with Gasteiger partial charge in [0.05, 0.1) is 4.43 Å². The standard InChI is InChI=1S/C8H16INO/c1-3-5-10(6-4-2)8(11)7-9/h3-7H2,1-2H3. The molecule has 66 valence electrons. The van der Waals surface area contributed by atoms with Crippen LogP contribution in [0.3, 0.4) is 0 Å². The fourth-order valence-corrected chi connectivity index (χ4v) is 1.47. The highest BCUT2D eigenvalue weighted by molar-refractivity contribution is 14.1. The Morgan fingerprint density at radius 3 is 2.00 bits per heavy atom. The molecular weight excluding hydrogens is 253 g/mol. The van der Waals surface area contributed by atoms with Crippen LogP contribution in [-0.4, -0.2) is 28.3 Å². The maximum absolute atomic E-state index is 11.2. The summed E-state index contributed by atoms with van der Waals surface area (Å²) in [4.78, 5) is 13.1. The van der Waals surface area contributed by atoms with E-state index < -0.39 is 0 Å². The van der Waals surface area contributed by atoms with Gasteiger partial charge < -0.3 is 4.90 Å². The lowest BCUT2D eigenvalue weighted by molar-refractivity contribution is -0.128. The molecule has 0 heterocycles. The van der Waals surface area contributed by atoms with Crippen LogP contribution < -0.4 is 0 Å². The Kier molecular flexibility index (Phi) is 7.01. The number of hydrogen-bond donors (Lipinski definition) is 0. The van der Waals surface area contributed by atoms with E-state index in [4.69, 9.17) is 0 Å². The molecular formula is C8H16INO. The number of rotatable bonds is 5. The average Bonchev–Trinajstić information content (AvgIpc) is 2.03. The molecule has 0 unspecified atom stereocenters. The lowest BCUT2D eigenvalue weighted by Crippen LogP contribution is -2.33. The SMILES string of the molecule is CCCN(CCC)C(=O)CI. The second-order valence-corrected chi connectivity index (χ2v) is 3.28. The summed E-state index contributed by atoms with van der Waals surface area (Å²) in [5.41, 5.74) is 0. The first kappa shape index (κ1) is 11.2. The Labute approximate surface area is 82.5 Å². The van der Waals surface area contributed by atoms with Gasteiger partial charge in [-0.2, -0.15) is 0 Å². The lowest BCUT2D eigenvalue weighted by Gasteiger charge is -2.19. The van der Waals surface area contributed by atoms with E-state index in [0.29, 0.717) is 4.43 Å². The number of carbonyl (C=O) groups is 1. The van der Waals surface area contributed by atoms with Gasteiger partial charge in [0.2, 0.25) is 5.91 Å². The van der Waals surface area contributed by atoms with Gasteiger partial charge in [0.15, 0.2) is 0 Å². The average molecular weight is 269 g/mol. The zero-order valence-electron chi connectivity index (χ0n) is 7.27. The third-order valence-corrected chi connectivity index (χ3v) is 2.11. The van der Waals surface area contributed by atoms with Crippen molar-refractivity contribution in [3.63, 3.8) is 0 Å². The van der Waals surface area contributed by atoms with E-state index in [-0.39, 0.29) is 5.91 Å². The summed E-state index contributed by atoms with van der Waals surface area (Å²) in [6, 6.07) is 0. The highest BCUT2D eigenvalue weighted by Crippen LogP contribution is 1.97. The van der Waals surface area contributed by atoms with Crippen molar-refractivity contribution < 1.29 is 4.79 Å². The van der Waals surface area contributed by atoms with Gasteiger partial charge in [-0.3, -0.25) is 4.79 Å². The van der Waals surface area contributed by atoms with Crippen LogP contribution in [0.5, 0.6) is 0 Å². The zero-order chi connectivity index (χ0) is 8.69. The largest absolute Gasteiger partial charge is 0.342 e. The topological polar surface area (TPSA) is 20.3 Å². The Hall–Kier alpha value is 0.200. The van der Waals surface area contributed by atoms with Crippen molar-refractivity contribution >= 4 is 28.5 Å². The van der Waals surface area contributed by atoms with Gasteiger partial charge in [0.1, 0.15) is 0 Å². The molecule has 0 saturated carbocycles. The van der Waals surface area contributed by atoms with E-state index in [2.05, 4.69) is 36.4 Å². The molecule has 0 bridgehead atoms. The number of amides is 1. The lowest BCUT2D eigenvalue weighted by atomic mass is 10.3. The summed E-state index contributed by atoms with van der Waals surface area (Å²) in [5.74, 6) is 0.273. The summed E-state index contributed by atoms with van der Waals surface area (Å²) in [5, 5.41) is 0. The molecule has 0 N–H and O–H groups in total. The van der Waals surface area contributed by atoms with Crippen LogP contribution >= 0.6 is 22.6 Å². The third-order valence-electron chi connectivity index (χ3n) is 1.45. The molecule has 0 saturated heterocycles. The predicted molar refractivity (Wildman–Crippen MR) is 56.0 cm³/mol. The molecule has 0 fully saturated rings. The van der Waals surface area contributed by atoms with Gasteiger partial charge in [-0.05, 0) is 12.8 Å². The summed E-state index contributed by atoms with van der Waals surface area (Å²) in [6.45, 7) is 6.03. The Bertz CT molecular complexity index is 111. The minimum absolute atomic E-state index is 0.273. The van der Waals surface area contributed by atoms with E-state index in [9.17, 15) is 4.79 Å². The van der Waals surface area contributed by atoms with E-state index in [1.807, 2.05) is 4.90 Å². The van der Waals surface area contributed by atoms with Gasteiger partial charge in [-0.1, -0.05) is 36.4 Å². The number of nitrogens with zero attached hydrogens (tertiary/aromatic N) is 1. The van der Waals surface area contributed by atoms with Crippen molar-refractivity contribution in [2.45, 2.75) is 26.7 Å². The van der Waals surface area contributed by atoms with Gasteiger partial charge in [0, 0.05) is 13.1 Å². The molecule has 0 aromatic rings. The summed E-state index contributed by atoms with van der Waals surface area (Å²) < 4.78 is 0.609. The van der Waals surface area contributed by atoms with E-state index in [1.54, 1.807) is 0 Å². The molecule has 11 heavy (non-hydrogen) atoms. The monoisotopic (exact) mass is 269 g/mol. The first-order chi connectivity index (χ1) is 5.26. The van der Waals surface area contributed by atoms with Crippen molar-refractivity contribution in [1.29, 1.82) is 0 Å². The van der Waals surface area contributed by atoms with Crippen molar-refractivity contribution in [2.24, 2.45) is 0 Å². The fourth-order valence-electron chi connectivity index (χ4n) is 0.986.